The van der Waals surface area contributed by atoms with Gasteiger partial charge in [0.25, 0.3) is 0 Å². The zero-order valence-electron chi connectivity index (χ0n) is 11.1. The van der Waals surface area contributed by atoms with E-state index in [4.69, 9.17) is 11.0 Å². The maximum absolute atomic E-state index is 12.0. The second kappa shape index (κ2) is 6.66. The van der Waals surface area contributed by atoms with Gasteiger partial charge in [-0.05, 0) is 30.5 Å². The highest BCUT2D eigenvalue weighted by Gasteiger charge is 2.16. The summed E-state index contributed by atoms with van der Waals surface area (Å²) in [5.41, 5.74) is 6.15. The van der Waals surface area contributed by atoms with Crippen LogP contribution in [-0.2, 0) is 10.0 Å². The monoisotopic (exact) mass is 281 g/mol. The summed E-state index contributed by atoms with van der Waals surface area (Å²) in [7, 11) is -3.60. The van der Waals surface area contributed by atoms with Crippen LogP contribution < -0.4 is 10.5 Å². The molecule has 1 atom stereocenters. The predicted octanol–water partition coefficient (Wildman–Crippen LogP) is 1.21. The third-order valence-electron chi connectivity index (χ3n) is 2.58. The van der Waals surface area contributed by atoms with Crippen molar-refractivity contribution in [2.24, 2.45) is 11.7 Å². The van der Waals surface area contributed by atoms with Crippen molar-refractivity contribution in [1.82, 2.24) is 4.72 Å². The minimum Gasteiger partial charge on any atom is -0.327 e. The first-order valence-corrected chi connectivity index (χ1v) is 7.59. The van der Waals surface area contributed by atoms with Crippen LogP contribution in [-0.4, -0.2) is 21.0 Å². The van der Waals surface area contributed by atoms with Crippen molar-refractivity contribution < 1.29 is 8.42 Å². The maximum Gasteiger partial charge on any atom is 0.240 e. The molecule has 0 radical (unpaired) electrons. The normalized spacial score (nSPS) is 13.2. The second-order valence-electron chi connectivity index (χ2n) is 4.88. The lowest BCUT2D eigenvalue weighted by Crippen LogP contribution is -2.38. The summed E-state index contributed by atoms with van der Waals surface area (Å²) < 4.78 is 26.5. The molecule has 0 saturated carbocycles. The fourth-order valence-corrected chi connectivity index (χ4v) is 2.86. The zero-order valence-corrected chi connectivity index (χ0v) is 11.9. The Hall–Kier alpha value is -1.42. The Bertz CT molecular complexity index is 561. The second-order valence-corrected chi connectivity index (χ2v) is 6.65. The summed E-state index contributed by atoms with van der Waals surface area (Å²) >= 11 is 0. The van der Waals surface area contributed by atoms with Crippen molar-refractivity contribution in [2.75, 3.05) is 6.54 Å². The van der Waals surface area contributed by atoms with Crippen LogP contribution in [0.2, 0.25) is 0 Å². The van der Waals surface area contributed by atoms with E-state index >= 15 is 0 Å². The number of nitriles is 1. The molecule has 0 bridgehead atoms. The molecule has 3 N–H and O–H groups in total. The minimum absolute atomic E-state index is 0.0864. The van der Waals surface area contributed by atoms with Crippen LogP contribution >= 0.6 is 0 Å². The van der Waals surface area contributed by atoms with E-state index in [2.05, 4.69) is 4.72 Å². The zero-order chi connectivity index (χ0) is 14.5. The Balaban J connectivity index is 2.73. The third kappa shape index (κ3) is 4.99. The molecule has 1 rings (SSSR count). The van der Waals surface area contributed by atoms with Gasteiger partial charge in [0.15, 0.2) is 0 Å². The quantitative estimate of drug-likeness (QED) is 0.819. The molecule has 1 aromatic carbocycles. The average Bonchev–Trinajstić information content (AvgIpc) is 2.36. The molecule has 0 aliphatic rings. The lowest BCUT2D eigenvalue weighted by Gasteiger charge is -2.15. The first kappa shape index (κ1) is 15.6. The summed E-state index contributed by atoms with van der Waals surface area (Å²) in [5.74, 6) is 0.418. The van der Waals surface area contributed by atoms with Crippen LogP contribution in [0.1, 0.15) is 25.8 Å². The molecule has 5 nitrogen and oxygen atoms in total. The van der Waals surface area contributed by atoms with E-state index in [1.165, 1.54) is 12.1 Å². The Morgan fingerprint density at radius 2 is 2.11 bits per heavy atom. The lowest BCUT2D eigenvalue weighted by atomic mass is 10.1. The lowest BCUT2D eigenvalue weighted by molar-refractivity contribution is 0.486. The van der Waals surface area contributed by atoms with Gasteiger partial charge in [0.05, 0.1) is 16.5 Å². The summed E-state index contributed by atoms with van der Waals surface area (Å²) in [4.78, 5) is 0.0864. The topological polar surface area (TPSA) is 96.0 Å². The van der Waals surface area contributed by atoms with Gasteiger partial charge < -0.3 is 5.73 Å². The van der Waals surface area contributed by atoms with Crippen molar-refractivity contribution in [3.05, 3.63) is 29.8 Å². The standard InChI is InChI=1S/C13H19N3O2S/c1-10(2)6-12(15)9-16-19(17,18)13-5-3-4-11(7-13)8-14/h3-5,7,10,12,16H,6,9,15H2,1-2H3. The van der Waals surface area contributed by atoms with Gasteiger partial charge in [0, 0.05) is 12.6 Å². The molecule has 0 aliphatic carbocycles. The summed E-state index contributed by atoms with van der Waals surface area (Å²) in [6.07, 6.45) is 0.751. The Morgan fingerprint density at radius 3 is 2.68 bits per heavy atom. The predicted molar refractivity (Wildman–Crippen MR) is 73.8 cm³/mol. The van der Waals surface area contributed by atoms with Gasteiger partial charge in [-0.1, -0.05) is 19.9 Å². The van der Waals surface area contributed by atoms with Crippen LogP contribution in [0.5, 0.6) is 0 Å². The molecule has 0 fully saturated rings. The van der Waals surface area contributed by atoms with Crippen molar-refractivity contribution in [1.29, 1.82) is 5.26 Å². The smallest absolute Gasteiger partial charge is 0.240 e. The molecule has 6 heteroatoms. The highest BCUT2D eigenvalue weighted by molar-refractivity contribution is 7.89. The van der Waals surface area contributed by atoms with Crippen LogP contribution in [0, 0.1) is 17.2 Å². The fourth-order valence-electron chi connectivity index (χ4n) is 1.72. The van der Waals surface area contributed by atoms with Crippen LogP contribution in [0.15, 0.2) is 29.2 Å². The number of nitrogens with one attached hydrogen (secondary N) is 1. The van der Waals surface area contributed by atoms with E-state index < -0.39 is 10.0 Å². The summed E-state index contributed by atoms with van der Waals surface area (Å²) in [6, 6.07) is 7.60. The highest BCUT2D eigenvalue weighted by atomic mass is 32.2. The van der Waals surface area contributed by atoms with Gasteiger partial charge in [-0.2, -0.15) is 5.26 Å². The van der Waals surface area contributed by atoms with Crippen LogP contribution in [0.25, 0.3) is 0 Å². The molecule has 0 amide bonds. The SMILES string of the molecule is CC(C)CC(N)CNS(=O)(=O)c1cccc(C#N)c1. The van der Waals surface area contributed by atoms with Crippen LogP contribution in [0.3, 0.4) is 0 Å². The third-order valence-corrected chi connectivity index (χ3v) is 4.00. The van der Waals surface area contributed by atoms with Gasteiger partial charge in [0.2, 0.25) is 10.0 Å². The maximum atomic E-state index is 12.0. The Labute approximate surface area is 114 Å². The number of nitrogens with zero attached hydrogens (tertiary/aromatic N) is 1. The number of rotatable bonds is 6. The van der Waals surface area contributed by atoms with Crippen molar-refractivity contribution in [3.63, 3.8) is 0 Å². The van der Waals surface area contributed by atoms with Crippen molar-refractivity contribution in [2.45, 2.75) is 31.2 Å². The number of hydrogen-bond donors (Lipinski definition) is 2. The molecule has 1 unspecified atom stereocenters. The van der Waals surface area contributed by atoms with E-state index in [0.717, 1.165) is 6.42 Å². The molecular weight excluding hydrogens is 262 g/mol. The van der Waals surface area contributed by atoms with E-state index in [-0.39, 0.29) is 17.5 Å². The van der Waals surface area contributed by atoms with E-state index in [0.29, 0.717) is 11.5 Å². The largest absolute Gasteiger partial charge is 0.327 e. The van der Waals surface area contributed by atoms with Crippen molar-refractivity contribution in [3.8, 4) is 6.07 Å². The molecule has 0 aromatic heterocycles. The number of nitrogens with two attached hydrogens (primary N) is 1. The van der Waals surface area contributed by atoms with Crippen LogP contribution in [0.4, 0.5) is 0 Å². The average molecular weight is 281 g/mol. The van der Waals surface area contributed by atoms with E-state index in [1.54, 1.807) is 12.1 Å². The molecule has 104 valence electrons. The van der Waals surface area contributed by atoms with Gasteiger partial charge in [-0.25, -0.2) is 13.1 Å². The molecule has 0 aliphatic heterocycles. The molecule has 19 heavy (non-hydrogen) atoms. The Morgan fingerprint density at radius 1 is 1.42 bits per heavy atom. The fraction of sp³-hybridized carbons (Fsp3) is 0.462. The van der Waals surface area contributed by atoms with Gasteiger partial charge in [-0.15, -0.1) is 0 Å². The molecular formula is C13H19N3O2S. The summed E-state index contributed by atoms with van der Waals surface area (Å²) in [5, 5.41) is 8.76. The highest BCUT2D eigenvalue weighted by Crippen LogP contribution is 2.11. The summed E-state index contributed by atoms with van der Waals surface area (Å²) in [6.45, 7) is 4.26. The molecule has 0 saturated heterocycles. The van der Waals surface area contributed by atoms with Gasteiger partial charge in [-0.3, -0.25) is 0 Å². The number of sulfonamides is 1. The molecule has 1 aromatic rings. The van der Waals surface area contributed by atoms with Crippen molar-refractivity contribution >= 4 is 10.0 Å². The number of benzene rings is 1. The van der Waals surface area contributed by atoms with E-state index in [9.17, 15) is 8.42 Å². The first-order chi connectivity index (χ1) is 8.85. The molecule has 0 spiro atoms. The van der Waals surface area contributed by atoms with E-state index in [1.807, 2.05) is 19.9 Å². The van der Waals surface area contributed by atoms with Gasteiger partial charge >= 0.3 is 0 Å². The minimum atomic E-state index is -3.60. The van der Waals surface area contributed by atoms with Gasteiger partial charge in [0.1, 0.15) is 0 Å². The first-order valence-electron chi connectivity index (χ1n) is 6.10. The molecule has 0 heterocycles. The number of hydrogen-bond acceptors (Lipinski definition) is 4. The Kier molecular flexibility index (Phi) is 5.48.